The third kappa shape index (κ3) is 4.13. The fourth-order valence-corrected chi connectivity index (χ4v) is 3.49. The molecule has 6 nitrogen and oxygen atoms in total. The highest BCUT2D eigenvalue weighted by Gasteiger charge is 2.14. The Bertz CT molecular complexity index is 1040. The maximum atomic E-state index is 12.6. The summed E-state index contributed by atoms with van der Waals surface area (Å²) in [6.45, 7) is 4.59. The quantitative estimate of drug-likeness (QED) is 0.715. The summed E-state index contributed by atoms with van der Waals surface area (Å²) in [5, 5.41) is 4.26. The number of pyridine rings is 1. The Morgan fingerprint density at radius 3 is 2.57 bits per heavy atom. The molecule has 1 amide bonds. The van der Waals surface area contributed by atoms with Crippen molar-refractivity contribution >= 4 is 16.7 Å². The maximum Gasteiger partial charge on any atom is 0.268 e. The molecule has 6 heteroatoms. The number of morpholine rings is 1. The minimum Gasteiger partial charge on any atom is -0.379 e. The number of carbonyl (C=O) groups is 1. The lowest BCUT2D eigenvalue weighted by Crippen LogP contribution is -2.36. The molecule has 3 aromatic rings. The van der Waals surface area contributed by atoms with Gasteiger partial charge in [0.25, 0.3) is 11.5 Å². The van der Waals surface area contributed by atoms with Gasteiger partial charge in [0.15, 0.2) is 0 Å². The number of nitrogens with one attached hydrogen (secondary N) is 2. The van der Waals surface area contributed by atoms with Crippen LogP contribution in [0.4, 0.5) is 0 Å². The van der Waals surface area contributed by atoms with E-state index in [0.29, 0.717) is 11.9 Å². The lowest BCUT2D eigenvalue weighted by molar-refractivity contribution is 0.0340. The normalized spacial score (nSPS) is 14.9. The number of hydrogen-bond donors (Lipinski definition) is 2. The number of benzene rings is 2. The molecular formula is C22H23N3O3. The topological polar surface area (TPSA) is 74.4 Å². The van der Waals surface area contributed by atoms with Gasteiger partial charge < -0.3 is 15.0 Å². The standard InChI is InChI=1S/C22H23N3O3/c26-21-19-8-4-3-5-16(19)13-20(24-21)22(27)23-14-17-6-1-2-7-18(17)15-25-9-11-28-12-10-25/h1-8,13H,9-12,14-15H2,(H,23,27)(H,24,26). The molecule has 1 aromatic heterocycles. The van der Waals surface area contributed by atoms with Crippen molar-refractivity contribution in [2.75, 3.05) is 26.3 Å². The van der Waals surface area contributed by atoms with E-state index in [9.17, 15) is 9.59 Å². The predicted octanol–water partition coefficient (Wildman–Crippen LogP) is 2.29. The van der Waals surface area contributed by atoms with Crippen molar-refractivity contribution in [2.45, 2.75) is 13.1 Å². The molecular weight excluding hydrogens is 354 g/mol. The summed E-state index contributed by atoms with van der Waals surface area (Å²) in [6.07, 6.45) is 0. The van der Waals surface area contributed by atoms with Crippen LogP contribution in [0.5, 0.6) is 0 Å². The van der Waals surface area contributed by atoms with Crippen molar-refractivity contribution in [1.82, 2.24) is 15.2 Å². The lowest BCUT2D eigenvalue weighted by atomic mass is 10.1. The summed E-state index contributed by atoms with van der Waals surface area (Å²) in [5.41, 5.74) is 2.28. The summed E-state index contributed by atoms with van der Waals surface area (Å²) >= 11 is 0. The van der Waals surface area contributed by atoms with Crippen LogP contribution in [0.15, 0.2) is 59.4 Å². The fraction of sp³-hybridized carbons (Fsp3) is 0.273. The molecule has 0 saturated carbocycles. The van der Waals surface area contributed by atoms with Crippen LogP contribution in [0.1, 0.15) is 21.6 Å². The molecule has 0 radical (unpaired) electrons. The summed E-state index contributed by atoms with van der Waals surface area (Å²) in [6, 6.07) is 17.1. The zero-order valence-corrected chi connectivity index (χ0v) is 15.6. The van der Waals surface area contributed by atoms with E-state index in [-0.39, 0.29) is 17.2 Å². The molecule has 0 aliphatic carbocycles. The number of H-pyrrole nitrogens is 1. The first-order valence-electron chi connectivity index (χ1n) is 9.48. The van der Waals surface area contributed by atoms with Gasteiger partial charge >= 0.3 is 0 Å². The Hall–Kier alpha value is -2.96. The van der Waals surface area contributed by atoms with Crippen molar-refractivity contribution in [3.63, 3.8) is 0 Å². The number of aromatic amines is 1. The molecule has 0 unspecified atom stereocenters. The fourth-order valence-electron chi connectivity index (χ4n) is 3.49. The Balaban J connectivity index is 1.47. The van der Waals surface area contributed by atoms with Crippen LogP contribution in [-0.4, -0.2) is 42.1 Å². The third-order valence-electron chi connectivity index (χ3n) is 5.05. The van der Waals surface area contributed by atoms with Crippen LogP contribution in [0.3, 0.4) is 0 Å². The van der Waals surface area contributed by atoms with E-state index in [1.807, 2.05) is 36.4 Å². The second kappa shape index (κ2) is 8.37. The predicted molar refractivity (Wildman–Crippen MR) is 108 cm³/mol. The monoisotopic (exact) mass is 377 g/mol. The summed E-state index contributed by atoms with van der Waals surface area (Å²) in [5.74, 6) is -0.288. The molecule has 2 N–H and O–H groups in total. The van der Waals surface area contributed by atoms with Crippen LogP contribution in [0.25, 0.3) is 10.8 Å². The molecule has 2 aromatic carbocycles. The number of nitrogens with zero attached hydrogens (tertiary/aromatic N) is 1. The zero-order valence-electron chi connectivity index (χ0n) is 15.6. The van der Waals surface area contributed by atoms with Crippen molar-refractivity contribution in [3.8, 4) is 0 Å². The van der Waals surface area contributed by atoms with E-state index in [2.05, 4.69) is 21.3 Å². The molecule has 0 spiro atoms. The SMILES string of the molecule is O=C(NCc1ccccc1CN1CCOCC1)c1cc2ccccc2c(=O)[nH]1. The number of carbonyl (C=O) groups excluding carboxylic acids is 1. The van der Waals surface area contributed by atoms with Crippen molar-refractivity contribution in [3.05, 3.63) is 81.8 Å². The maximum absolute atomic E-state index is 12.6. The largest absolute Gasteiger partial charge is 0.379 e. The van der Waals surface area contributed by atoms with Crippen LogP contribution >= 0.6 is 0 Å². The Kier molecular flexibility index (Phi) is 5.50. The van der Waals surface area contributed by atoms with Gasteiger partial charge in [-0.1, -0.05) is 42.5 Å². The lowest BCUT2D eigenvalue weighted by Gasteiger charge is -2.27. The van der Waals surface area contributed by atoms with Gasteiger partial charge in [-0.15, -0.1) is 0 Å². The highest BCUT2D eigenvalue weighted by molar-refractivity contribution is 5.96. The zero-order chi connectivity index (χ0) is 19.3. The van der Waals surface area contributed by atoms with Crippen LogP contribution in [0.2, 0.25) is 0 Å². The molecule has 1 fully saturated rings. The van der Waals surface area contributed by atoms with E-state index in [1.165, 1.54) is 5.56 Å². The number of hydrogen-bond acceptors (Lipinski definition) is 4. The van der Waals surface area contributed by atoms with Crippen LogP contribution < -0.4 is 10.9 Å². The minimum atomic E-state index is -0.288. The summed E-state index contributed by atoms with van der Waals surface area (Å²) < 4.78 is 5.41. The second-order valence-electron chi connectivity index (χ2n) is 6.94. The first-order valence-corrected chi connectivity index (χ1v) is 9.48. The van der Waals surface area contributed by atoms with Gasteiger partial charge in [0.1, 0.15) is 5.69 Å². The smallest absolute Gasteiger partial charge is 0.268 e. The Labute approximate surface area is 163 Å². The van der Waals surface area contributed by atoms with Crippen LogP contribution in [0, 0.1) is 0 Å². The van der Waals surface area contributed by atoms with Gasteiger partial charge in [0, 0.05) is 31.6 Å². The Morgan fingerprint density at radius 1 is 1.04 bits per heavy atom. The molecule has 1 saturated heterocycles. The van der Waals surface area contributed by atoms with E-state index in [1.54, 1.807) is 12.1 Å². The van der Waals surface area contributed by atoms with Crippen molar-refractivity contribution < 1.29 is 9.53 Å². The average Bonchev–Trinajstić information content (AvgIpc) is 2.73. The first kappa shape index (κ1) is 18.4. The highest BCUT2D eigenvalue weighted by Crippen LogP contribution is 2.14. The number of rotatable bonds is 5. The van der Waals surface area contributed by atoms with Crippen molar-refractivity contribution in [2.24, 2.45) is 0 Å². The van der Waals surface area contributed by atoms with Crippen molar-refractivity contribution in [1.29, 1.82) is 0 Å². The number of amides is 1. The molecule has 0 atom stereocenters. The third-order valence-corrected chi connectivity index (χ3v) is 5.05. The van der Waals surface area contributed by atoms with E-state index >= 15 is 0 Å². The Morgan fingerprint density at radius 2 is 1.75 bits per heavy atom. The minimum absolute atomic E-state index is 0.254. The van der Waals surface area contributed by atoms with Gasteiger partial charge in [-0.25, -0.2) is 0 Å². The second-order valence-corrected chi connectivity index (χ2v) is 6.94. The highest BCUT2D eigenvalue weighted by atomic mass is 16.5. The summed E-state index contributed by atoms with van der Waals surface area (Å²) in [4.78, 5) is 29.8. The van der Waals surface area contributed by atoms with E-state index < -0.39 is 0 Å². The molecule has 1 aliphatic heterocycles. The van der Waals surface area contributed by atoms with E-state index in [4.69, 9.17) is 4.74 Å². The molecule has 1 aliphatic rings. The van der Waals surface area contributed by atoms with Gasteiger partial charge in [0.05, 0.1) is 13.2 Å². The average molecular weight is 377 g/mol. The van der Waals surface area contributed by atoms with Gasteiger partial charge in [0.2, 0.25) is 0 Å². The molecule has 4 rings (SSSR count). The first-order chi connectivity index (χ1) is 13.7. The number of aromatic nitrogens is 1. The van der Waals surface area contributed by atoms with Gasteiger partial charge in [-0.05, 0) is 28.6 Å². The molecule has 28 heavy (non-hydrogen) atoms. The van der Waals surface area contributed by atoms with Crippen LogP contribution in [-0.2, 0) is 17.8 Å². The van der Waals surface area contributed by atoms with Gasteiger partial charge in [-0.3, -0.25) is 14.5 Å². The molecule has 0 bridgehead atoms. The number of fused-ring (bicyclic) bond motifs is 1. The van der Waals surface area contributed by atoms with E-state index in [0.717, 1.165) is 43.8 Å². The van der Waals surface area contributed by atoms with Gasteiger partial charge in [-0.2, -0.15) is 0 Å². The molecule has 144 valence electrons. The summed E-state index contributed by atoms with van der Waals surface area (Å²) in [7, 11) is 0. The molecule has 2 heterocycles. The number of ether oxygens (including phenoxy) is 1.